The first-order chi connectivity index (χ1) is 10.7. The normalized spacial score (nSPS) is 9.91. The van der Waals surface area contributed by atoms with Crippen molar-refractivity contribution in [2.45, 2.75) is 13.8 Å². The van der Waals surface area contributed by atoms with Crippen molar-refractivity contribution in [2.75, 3.05) is 18.7 Å². The Morgan fingerprint density at radius 1 is 1.14 bits per heavy atom. The van der Waals surface area contributed by atoms with Crippen LogP contribution in [0.2, 0.25) is 0 Å². The number of carbonyl (C=O) groups is 1. The molecule has 0 aliphatic carbocycles. The maximum absolute atomic E-state index is 11.8. The number of hydrogen-bond acceptors (Lipinski definition) is 4. The second kappa shape index (κ2) is 7.87. The lowest BCUT2D eigenvalue weighted by Crippen LogP contribution is -2.32. The van der Waals surface area contributed by atoms with Crippen LogP contribution < -0.4 is 20.1 Å². The monoisotopic (exact) mass is 301 g/mol. The lowest BCUT2D eigenvalue weighted by atomic mass is 10.3. The summed E-state index contributed by atoms with van der Waals surface area (Å²) in [7, 11) is 0. The zero-order valence-electron chi connectivity index (χ0n) is 12.6. The summed E-state index contributed by atoms with van der Waals surface area (Å²) in [6, 6.07) is 10.6. The molecule has 22 heavy (non-hydrogen) atoms. The average molecular weight is 301 g/mol. The van der Waals surface area contributed by atoms with Crippen LogP contribution in [0.1, 0.15) is 12.5 Å². The number of anilines is 1. The van der Waals surface area contributed by atoms with Crippen molar-refractivity contribution in [3.63, 3.8) is 0 Å². The van der Waals surface area contributed by atoms with Crippen LogP contribution in [0, 0.1) is 6.92 Å². The molecular weight excluding hydrogens is 282 g/mol. The minimum Gasteiger partial charge on any atom is -0.490 e. The number of aryl methyl sites for hydroxylation is 1. The molecule has 2 rings (SSSR count). The quantitative estimate of drug-likeness (QED) is 0.805. The summed E-state index contributed by atoms with van der Waals surface area (Å²) in [5.41, 5.74) is 0.889. The predicted molar refractivity (Wildman–Crippen MR) is 84.2 cm³/mol. The first kappa shape index (κ1) is 15.6. The van der Waals surface area contributed by atoms with Crippen LogP contribution in [0.5, 0.6) is 11.5 Å². The highest BCUT2D eigenvalue weighted by atomic mass is 16.5. The molecule has 0 saturated heterocycles. The van der Waals surface area contributed by atoms with Crippen LogP contribution in [0.15, 0.2) is 42.6 Å². The van der Waals surface area contributed by atoms with Gasteiger partial charge in [0.25, 0.3) is 0 Å². The third kappa shape index (κ3) is 4.37. The fraction of sp³-hybridized carbons (Fsp3) is 0.250. The van der Waals surface area contributed by atoms with E-state index in [-0.39, 0.29) is 12.8 Å². The summed E-state index contributed by atoms with van der Waals surface area (Å²) in [4.78, 5) is 15.9. The van der Waals surface area contributed by atoms with Gasteiger partial charge in [0.15, 0.2) is 18.2 Å². The molecule has 0 radical (unpaired) electrons. The number of rotatable bonds is 6. The van der Waals surface area contributed by atoms with E-state index in [1.165, 1.54) is 0 Å². The molecule has 1 aromatic heterocycles. The Hall–Kier alpha value is -2.76. The molecule has 2 aromatic rings. The lowest BCUT2D eigenvalue weighted by Gasteiger charge is -2.12. The summed E-state index contributed by atoms with van der Waals surface area (Å²) in [6.45, 7) is 4.35. The van der Waals surface area contributed by atoms with E-state index in [2.05, 4.69) is 15.6 Å². The van der Waals surface area contributed by atoms with Crippen molar-refractivity contribution in [3.05, 3.63) is 48.2 Å². The molecule has 6 nitrogen and oxygen atoms in total. The smallest absolute Gasteiger partial charge is 0.323 e. The maximum atomic E-state index is 11.8. The zero-order chi connectivity index (χ0) is 15.8. The summed E-state index contributed by atoms with van der Waals surface area (Å²) in [5, 5.41) is 5.27. The Labute approximate surface area is 129 Å². The van der Waals surface area contributed by atoms with Gasteiger partial charge in [-0.15, -0.1) is 0 Å². The number of hydrogen-bond donors (Lipinski definition) is 2. The highest BCUT2D eigenvalue weighted by Crippen LogP contribution is 2.25. The molecule has 2 N–H and O–H groups in total. The van der Waals surface area contributed by atoms with Gasteiger partial charge in [0.2, 0.25) is 0 Å². The molecule has 0 saturated carbocycles. The number of benzene rings is 1. The molecule has 1 aromatic carbocycles. The van der Waals surface area contributed by atoms with Gasteiger partial charge in [-0.05, 0) is 37.6 Å². The SMILES string of the molecule is CCOc1ccccc1OCNC(=O)Nc1ncccc1C. The average Bonchev–Trinajstić information content (AvgIpc) is 2.51. The Morgan fingerprint density at radius 3 is 2.55 bits per heavy atom. The fourth-order valence-electron chi connectivity index (χ4n) is 1.79. The van der Waals surface area contributed by atoms with E-state index in [0.29, 0.717) is 23.9 Å². The summed E-state index contributed by atoms with van der Waals surface area (Å²) < 4.78 is 11.0. The number of urea groups is 1. The summed E-state index contributed by atoms with van der Waals surface area (Å²) in [5.74, 6) is 1.75. The summed E-state index contributed by atoms with van der Waals surface area (Å²) >= 11 is 0. The van der Waals surface area contributed by atoms with Crippen molar-refractivity contribution in [1.82, 2.24) is 10.3 Å². The van der Waals surface area contributed by atoms with Crippen LogP contribution in [-0.2, 0) is 0 Å². The molecule has 0 bridgehead atoms. The number of amides is 2. The molecule has 6 heteroatoms. The Kier molecular flexibility index (Phi) is 5.59. The molecule has 116 valence electrons. The van der Waals surface area contributed by atoms with Gasteiger partial charge in [-0.2, -0.15) is 0 Å². The molecule has 1 heterocycles. The minimum atomic E-state index is -0.379. The number of ether oxygens (including phenoxy) is 2. The molecule has 2 amide bonds. The van der Waals surface area contributed by atoms with E-state index in [4.69, 9.17) is 9.47 Å². The largest absolute Gasteiger partial charge is 0.490 e. The van der Waals surface area contributed by atoms with Gasteiger partial charge in [0.1, 0.15) is 5.82 Å². The van der Waals surface area contributed by atoms with Crippen molar-refractivity contribution in [1.29, 1.82) is 0 Å². The fourth-order valence-corrected chi connectivity index (χ4v) is 1.79. The number of nitrogens with one attached hydrogen (secondary N) is 2. The van der Waals surface area contributed by atoms with E-state index >= 15 is 0 Å². The second-order valence-electron chi connectivity index (χ2n) is 4.47. The van der Waals surface area contributed by atoms with E-state index < -0.39 is 0 Å². The molecule has 0 aliphatic heterocycles. The highest BCUT2D eigenvalue weighted by molar-refractivity contribution is 5.88. The summed E-state index contributed by atoms with van der Waals surface area (Å²) in [6.07, 6.45) is 1.62. The third-order valence-corrected chi connectivity index (χ3v) is 2.85. The van der Waals surface area contributed by atoms with E-state index in [0.717, 1.165) is 5.56 Å². The molecule has 0 unspecified atom stereocenters. The first-order valence-corrected chi connectivity index (χ1v) is 7.01. The van der Waals surface area contributed by atoms with E-state index in [9.17, 15) is 4.79 Å². The first-order valence-electron chi connectivity index (χ1n) is 7.01. The maximum Gasteiger partial charge on any atom is 0.323 e. The number of nitrogens with zero attached hydrogens (tertiary/aromatic N) is 1. The van der Waals surface area contributed by atoms with Gasteiger partial charge in [-0.1, -0.05) is 18.2 Å². The van der Waals surface area contributed by atoms with Gasteiger partial charge < -0.3 is 14.8 Å². The van der Waals surface area contributed by atoms with Gasteiger partial charge >= 0.3 is 6.03 Å². The van der Waals surface area contributed by atoms with Gasteiger partial charge in [-0.3, -0.25) is 5.32 Å². The standard InChI is InChI=1S/C16H19N3O3/c1-3-21-13-8-4-5-9-14(13)22-11-18-16(20)19-15-12(2)7-6-10-17-15/h4-10H,3,11H2,1-2H3,(H2,17,18,19,20). The van der Waals surface area contributed by atoms with Crippen LogP contribution in [-0.4, -0.2) is 24.4 Å². The van der Waals surface area contributed by atoms with E-state index in [1.807, 2.05) is 44.2 Å². The Bertz CT molecular complexity index is 632. The Balaban J connectivity index is 1.84. The van der Waals surface area contributed by atoms with Gasteiger partial charge in [0.05, 0.1) is 6.61 Å². The lowest BCUT2D eigenvalue weighted by molar-refractivity contribution is 0.229. The number of pyridine rings is 1. The molecule has 0 spiro atoms. The number of aromatic nitrogens is 1. The highest BCUT2D eigenvalue weighted by Gasteiger charge is 2.06. The molecule has 0 aliphatic rings. The topological polar surface area (TPSA) is 72.5 Å². The van der Waals surface area contributed by atoms with Crippen molar-refractivity contribution in [2.24, 2.45) is 0 Å². The van der Waals surface area contributed by atoms with Crippen LogP contribution in [0.3, 0.4) is 0 Å². The van der Waals surface area contributed by atoms with Gasteiger partial charge in [0, 0.05) is 6.20 Å². The number of para-hydroxylation sites is 2. The molecule has 0 atom stereocenters. The molecular formula is C16H19N3O3. The zero-order valence-corrected chi connectivity index (χ0v) is 12.6. The van der Waals surface area contributed by atoms with Crippen LogP contribution in [0.25, 0.3) is 0 Å². The van der Waals surface area contributed by atoms with E-state index in [1.54, 1.807) is 12.3 Å². The second-order valence-corrected chi connectivity index (χ2v) is 4.47. The van der Waals surface area contributed by atoms with Crippen LogP contribution >= 0.6 is 0 Å². The predicted octanol–water partition coefficient (Wildman–Crippen LogP) is 2.95. The van der Waals surface area contributed by atoms with Crippen LogP contribution in [0.4, 0.5) is 10.6 Å². The number of carbonyl (C=O) groups excluding carboxylic acids is 1. The Morgan fingerprint density at radius 2 is 1.86 bits per heavy atom. The third-order valence-electron chi connectivity index (χ3n) is 2.85. The van der Waals surface area contributed by atoms with Crippen molar-refractivity contribution >= 4 is 11.8 Å². The minimum absolute atomic E-state index is 0.0296. The van der Waals surface area contributed by atoms with Gasteiger partial charge in [-0.25, -0.2) is 9.78 Å². The van der Waals surface area contributed by atoms with Crippen molar-refractivity contribution < 1.29 is 14.3 Å². The van der Waals surface area contributed by atoms with Crippen molar-refractivity contribution in [3.8, 4) is 11.5 Å². The molecule has 0 fully saturated rings.